The van der Waals surface area contributed by atoms with Gasteiger partial charge in [-0.2, -0.15) is 0 Å². The van der Waals surface area contributed by atoms with Gasteiger partial charge in [0.15, 0.2) is 0 Å². The molecule has 54 valence electrons. The third kappa shape index (κ3) is 1.43. The van der Waals surface area contributed by atoms with E-state index in [9.17, 15) is 0 Å². The zero-order valence-electron chi connectivity index (χ0n) is 5.88. The van der Waals surface area contributed by atoms with Gasteiger partial charge in [0, 0.05) is 12.6 Å². The van der Waals surface area contributed by atoms with Crippen molar-refractivity contribution in [3.05, 3.63) is 0 Å². The average molecular weight is 129 g/mol. The minimum absolute atomic E-state index is 0.327. The molecule has 0 bridgehead atoms. The Morgan fingerprint density at radius 1 is 1.67 bits per heavy atom. The number of hydrogen-bond donors (Lipinski definition) is 2. The van der Waals surface area contributed by atoms with Crippen molar-refractivity contribution in [2.45, 2.75) is 25.8 Å². The third-order valence-electron chi connectivity index (χ3n) is 2.27. The normalized spacial score (nSPS) is 37.7. The van der Waals surface area contributed by atoms with Gasteiger partial charge in [0.1, 0.15) is 0 Å². The number of aliphatic hydroxyl groups is 1. The minimum atomic E-state index is 0.327. The lowest BCUT2D eigenvalue weighted by molar-refractivity contribution is 0.0951. The van der Waals surface area contributed by atoms with Gasteiger partial charge < -0.3 is 10.8 Å². The monoisotopic (exact) mass is 129 g/mol. The van der Waals surface area contributed by atoms with Crippen molar-refractivity contribution in [3.8, 4) is 0 Å². The minimum Gasteiger partial charge on any atom is -0.396 e. The Hall–Kier alpha value is -0.0800. The molecule has 1 rings (SSSR count). The third-order valence-corrected chi connectivity index (χ3v) is 2.27. The fraction of sp³-hybridized carbons (Fsp3) is 1.00. The van der Waals surface area contributed by atoms with Crippen LogP contribution < -0.4 is 5.73 Å². The topological polar surface area (TPSA) is 46.2 Å². The summed E-state index contributed by atoms with van der Waals surface area (Å²) in [7, 11) is 0. The molecule has 9 heavy (non-hydrogen) atoms. The summed E-state index contributed by atoms with van der Waals surface area (Å²) in [5.41, 5.74) is 5.63. The first-order valence-corrected chi connectivity index (χ1v) is 3.60. The lowest BCUT2D eigenvalue weighted by Gasteiger charge is -2.36. The van der Waals surface area contributed by atoms with E-state index in [-0.39, 0.29) is 0 Å². The summed E-state index contributed by atoms with van der Waals surface area (Å²) in [6, 6.07) is 0.327. The predicted molar refractivity (Wildman–Crippen MR) is 36.9 cm³/mol. The van der Waals surface area contributed by atoms with E-state index >= 15 is 0 Å². The molecule has 1 saturated carbocycles. The molecule has 0 spiro atoms. The largest absolute Gasteiger partial charge is 0.396 e. The Kier molecular flexibility index (Phi) is 2.09. The van der Waals surface area contributed by atoms with E-state index in [1.54, 1.807) is 0 Å². The molecule has 0 aromatic carbocycles. The Morgan fingerprint density at radius 3 is 2.56 bits per heavy atom. The summed E-state index contributed by atoms with van der Waals surface area (Å²) in [6.07, 6.45) is 2.27. The lowest BCUT2D eigenvalue weighted by Crippen LogP contribution is -2.38. The van der Waals surface area contributed by atoms with Crippen LogP contribution in [-0.2, 0) is 0 Å². The van der Waals surface area contributed by atoms with Crippen molar-refractivity contribution < 1.29 is 5.11 Å². The first-order chi connectivity index (χ1) is 4.24. The van der Waals surface area contributed by atoms with Crippen molar-refractivity contribution >= 4 is 0 Å². The number of hydrogen-bond acceptors (Lipinski definition) is 2. The van der Waals surface area contributed by atoms with Crippen LogP contribution in [0.2, 0.25) is 0 Å². The van der Waals surface area contributed by atoms with Crippen molar-refractivity contribution in [2.24, 2.45) is 17.6 Å². The molecule has 0 aromatic rings. The lowest BCUT2D eigenvalue weighted by atomic mass is 9.72. The molecule has 0 heterocycles. The van der Waals surface area contributed by atoms with Crippen LogP contribution in [-0.4, -0.2) is 17.8 Å². The number of nitrogens with two attached hydrogens (primary N) is 1. The molecule has 3 N–H and O–H groups in total. The van der Waals surface area contributed by atoms with E-state index in [2.05, 4.69) is 0 Å². The molecule has 1 unspecified atom stereocenters. The zero-order chi connectivity index (χ0) is 6.85. The van der Waals surface area contributed by atoms with Crippen molar-refractivity contribution in [2.75, 3.05) is 6.61 Å². The van der Waals surface area contributed by atoms with Gasteiger partial charge in [0.2, 0.25) is 0 Å². The summed E-state index contributed by atoms with van der Waals surface area (Å²) in [4.78, 5) is 0. The highest BCUT2D eigenvalue weighted by atomic mass is 16.3. The molecule has 0 aromatic heterocycles. The van der Waals surface area contributed by atoms with Crippen molar-refractivity contribution in [1.82, 2.24) is 0 Å². The van der Waals surface area contributed by atoms with Gasteiger partial charge in [-0.25, -0.2) is 0 Å². The molecular weight excluding hydrogens is 114 g/mol. The van der Waals surface area contributed by atoms with Gasteiger partial charge >= 0.3 is 0 Å². The van der Waals surface area contributed by atoms with Gasteiger partial charge in [-0.3, -0.25) is 0 Å². The Balaban J connectivity index is 2.12. The van der Waals surface area contributed by atoms with Gasteiger partial charge in [-0.1, -0.05) is 0 Å². The zero-order valence-corrected chi connectivity index (χ0v) is 5.88. The first-order valence-electron chi connectivity index (χ1n) is 3.60. The van der Waals surface area contributed by atoms with Gasteiger partial charge in [0.05, 0.1) is 0 Å². The van der Waals surface area contributed by atoms with Crippen LogP contribution in [0.15, 0.2) is 0 Å². The fourth-order valence-corrected chi connectivity index (χ4v) is 1.37. The van der Waals surface area contributed by atoms with Gasteiger partial charge in [-0.15, -0.1) is 0 Å². The first kappa shape index (κ1) is 7.03. The summed E-state index contributed by atoms with van der Waals surface area (Å²) in [5, 5.41) is 8.64. The molecule has 0 saturated heterocycles. The van der Waals surface area contributed by atoms with E-state index in [0.717, 1.165) is 12.8 Å². The summed E-state index contributed by atoms with van der Waals surface area (Å²) in [6.45, 7) is 2.39. The van der Waals surface area contributed by atoms with Crippen LogP contribution in [0, 0.1) is 11.8 Å². The maximum atomic E-state index is 8.64. The van der Waals surface area contributed by atoms with Crippen LogP contribution in [0.5, 0.6) is 0 Å². The second kappa shape index (κ2) is 2.67. The quantitative estimate of drug-likeness (QED) is 0.565. The highest BCUT2D eigenvalue weighted by Gasteiger charge is 2.30. The molecule has 0 amide bonds. The van der Waals surface area contributed by atoms with Crippen LogP contribution in [0.4, 0.5) is 0 Å². The highest BCUT2D eigenvalue weighted by molar-refractivity contribution is 4.83. The Bertz CT molecular complexity index is 86.9. The van der Waals surface area contributed by atoms with E-state index in [1.165, 1.54) is 0 Å². The second-order valence-corrected chi connectivity index (χ2v) is 3.14. The molecule has 0 radical (unpaired) electrons. The molecule has 1 aliphatic rings. The number of aliphatic hydroxyl groups excluding tert-OH is 1. The van der Waals surface area contributed by atoms with E-state index in [1.807, 2.05) is 6.92 Å². The Labute approximate surface area is 56.1 Å². The smallest absolute Gasteiger partial charge is 0.0459 e. The predicted octanol–water partition coefficient (Wildman–Crippen LogP) is 0.352. The fourth-order valence-electron chi connectivity index (χ4n) is 1.37. The standard InChI is InChI=1S/C7H15NO/c1-5(8)7-2-6(3-7)4-9/h5-7,9H,2-4,8H2,1H3. The molecule has 2 nitrogen and oxygen atoms in total. The summed E-state index contributed by atoms with van der Waals surface area (Å²) >= 11 is 0. The maximum absolute atomic E-state index is 8.64. The van der Waals surface area contributed by atoms with Crippen LogP contribution >= 0.6 is 0 Å². The summed E-state index contributed by atoms with van der Waals surface area (Å²) < 4.78 is 0. The van der Waals surface area contributed by atoms with Crippen LogP contribution in [0.1, 0.15) is 19.8 Å². The maximum Gasteiger partial charge on any atom is 0.0459 e. The Morgan fingerprint density at radius 2 is 2.22 bits per heavy atom. The van der Waals surface area contributed by atoms with Crippen LogP contribution in [0.25, 0.3) is 0 Å². The van der Waals surface area contributed by atoms with Crippen molar-refractivity contribution in [1.29, 1.82) is 0 Å². The van der Waals surface area contributed by atoms with Gasteiger partial charge in [-0.05, 0) is 31.6 Å². The molecule has 1 atom stereocenters. The van der Waals surface area contributed by atoms with E-state index in [4.69, 9.17) is 10.8 Å². The SMILES string of the molecule is CC(N)C1CC(CO)C1. The molecule has 0 aliphatic heterocycles. The average Bonchev–Trinajstić information content (AvgIpc) is 1.61. The molecule has 2 heteroatoms. The second-order valence-electron chi connectivity index (χ2n) is 3.14. The van der Waals surface area contributed by atoms with E-state index in [0.29, 0.717) is 24.5 Å². The van der Waals surface area contributed by atoms with Crippen LogP contribution in [0.3, 0.4) is 0 Å². The van der Waals surface area contributed by atoms with Gasteiger partial charge in [0.25, 0.3) is 0 Å². The molecular formula is C7H15NO. The molecule has 1 fully saturated rings. The highest BCUT2D eigenvalue weighted by Crippen LogP contribution is 2.34. The summed E-state index contributed by atoms with van der Waals surface area (Å²) in [5.74, 6) is 1.24. The number of rotatable bonds is 2. The van der Waals surface area contributed by atoms with Crippen molar-refractivity contribution in [3.63, 3.8) is 0 Å². The van der Waals surface area contributed by atoms with E-state index < -0.39 is 0 Å². The molecule has 1 aliphatic carbocycles.